The van der Waals surface area contributed by atoms with E-state index in [0.29, 0.717) is 30.8 Å². The van der Waals surface area contributed by atoms with Gasteiger partial charge in [-0.05, 0) is 18.8 Å². The van der Waals surface area contributed by atoms with Crippen LogP contribution in [0, 0.1) is 5.92 Å². The first-order valence-electron chi connectivity index (χ1n) is 5.62. The van der Waals surface area contributed by atoms with E-state index in [0.717, 1.165) is 0 Å². The van der Waals surface area contributed by atoms with E-state index in [1.54, 1.807) is 0 Å². The molecule has 17 heavy (non-hydrogen) atoms. The Kier molecular flexibility index (Phi) is 3.33. The Bertz CT molecular complexity index is 503. The highest BCUT2D eigenvalue weighted by Gasteiger charge is 2.25. The summed E-state index contributed by atoms with van der Waals surface area (Å²) in [5.74, 6) is 1.19. The van der Waals surface area contributed by atoms with Gasteiger partial charge in [0.2, 0.25) is 0 Å². The van der Waals surface area contributed by atoms with Crippen LogP contribution in [-0.2, 0) is 16.3 Å². The molecule has 2 heterocycles. The maximum atomic E-state index is 11.3. The van der Waals surface area contributed by atoms with E-state index in [4.69, 9.17) is 4.42 Å². The minimum atomic E-state index is -2.82. The van der Waals surface area contributed by atoms with Crippen LogP contribution in [-0.4, -0.2) is 30.7 Å². The highest BCUT2D eigenvalue weighted by atomic mass is 32.2. The Hall–Kier alpha value is -1.17. The summed E-state index contributed by atoms with van der Waals surface area (Å²) < 4.78 is 27.7. The lowest BCUT2D eigenvalue weighted by Gasteiger charge is -2.20. The molecule has 0 bridgehead atoms. The number of carbonyl (C=O) groups is 1. The molecule has 0 aromatic carbocycles. The summed E-state index contributed by atoms with van der Waals surface area (Å²) in [4.78, 5) is 15.1. The van der Waals surface area contributed by atoms with E-state index < -0.39 is 9.84 Å². The smallest absolute Gasteiger partial charge is 0.194 e. The van der Waals surface area contributed by atoms with Crippen LogP contribution in [0.1, 0.15) is 36.1 Å². The van der Waals surface area contributed by atoms with Crippen molar-refractivity contribution in [2.75, 3.05) is 11.5 Å². The van der Waals surface area contributed by atoms with Crippen LogP contribution < -0.4 is 0 Å². The minimum Gasteiger partial charge on any atom is -0.448 e. The fourth-order valence-corrected chi connectivity index (χ4v) is 3.55. The van der Waals surface area contributed by atoms with E-state index in [1.165, 1.54) is 13.2 Å². The predicted molar refractivity (Wildman–Crippen MR) is 61.6 cm³/mol. The highest BCUT2D eigenvalue weighted by Crippen LogP contribution is 2.22. The Labute approximate surface area is 100 Å². The minimum absolute atomic E-state index is 0.119. The quantitative estimate of drug-likeness (QED) is 0.761. The zero-order valence-corrected chi connectivity index (χ0v) is 10.5. The monoisotopic (exact) mass is 257 g/mol. The molecule has 0 spiro atoms. The second kappa shape index (κ2) is 4.60. The Morgan fingerprint density at radius 2 is 2.12 bits per heavy atom. The van der Waals surface area contributed by atoms with Gasteiger partial charge in [-0.1, -0.05) is 0 Å². The van der Waals surface area contributed by atoms with Gasteiger partial charge in [0.25, 0.3) is 0 Å². The van der Waals surface area contributed by atoms with Crippen LogP contribution in [0.2, 0.25) is 0 Å². The van der Waals surface area contributed by atoms with Crippen molar-refractivity contribution < 1.29 is 17.6 Å². The number of nitrogens with zero attached hydrogens (tertiary/aromatic N) is 1. The van der Waals surface area contributed by atoms with Crippen molar-refractivity contribution in [1.82, 2.24) is 4.98 Å². The maximum absolute atomic E-state index is 11.3. The normalized spacial score (nSPS) is 20.3. The summed E-state index contributed by atoms with van der Waals surface area (Å²) in [6, 6.07) is 0. The summed E-state index contributed by atoms with van der Waals surface area (Å²) >= 11 is 0. The standard InChI is InChI=1S/C11H15NO4S/c1-8(13)10-7-16-11(12-10)6-9-2-4-17(14,15)5-3-9/h7,9H,2-6H2,1H3. The molecular weight excluding hydrogens is 242 g/mol. The van der Waals surface area contributed by atoms with Crippen molar-refractivity contribution in [3.8, 4) is 0 Å². The van der Waals surface area contributed by atoms with Gasteiger partial charge in [-0.15, -0.1) is 0 Å². The average molecular weight is 257 g/mol. The van der Waals surface area contributed by atoms with E-state index in [1.807, 2.05) is 0 Å². The molecule has 0 radical (unpaired) electrons. The van der Waals surface area contributed by atoms with Crippen molar-refractivity contribution in [1.29, 1.82) is 0 Å². The van der Waals surface area contributed by atoms with Gasteiger partial charge in [-0.3, -0.25) is 4.79 Å². The molecule has 1 fully saturated rings. The summed E-state index contributed by atoms with van der Waals surface area (Å²) in [5, 5.41) is 0. The Morgan fingerprint density at radius 1 is 1.47 bits per heavy atom. The fourth-order valence-electron chi connectivity index (χ4n) is 1.96. The molecule has 0 unspecified atom stereocenters. The molecule has 0 aliphatic carbocycles. The number of aromatic nitrogens is 1. The third-order valence-corrected chi connectivity index (χ3v) is 4.77. The van der Waals surface area contributed by atoms with Gasteiger partial charge in [-0.2, -0.15) is 0 Å². The Balaban J connectivity index is 1.95. The number of carbonyl (C=O) groups excluding carboxylic acids is 1. The van der Waals surface area contributed by atoms with Crippen LogP contribution in [0.25, 0.3) is 0 Å². The number of rotatable bonds is 3. The zero-order chi connectivity index (χ0) is 12.5. The van der Waals surface area contributed by atoms with Crippen molar-refractivity contribution in [2.45, 2.75) is 26.2 Å². The molecule has 1 aliphatic heterocycles. The van der Waals surface area contributed by atoms with Crippen LogP contribution >= 0.6 is 0 Å². The molecule has 0 N–H and O–H groups in total. The third-order valence-electron chi connectivity index (χ3n) is 3.05. The molecule has 0 atom stereocenters. The lowest BCUT2D eigenvalue weighted by atomic mass is 9.99. The van der Waals surface area contributed by atoms with Gasteiger partial charge < -0.3 is 4.42 Å². The van der Waals surface area contributed by atoms with Crippen molar-refractivity contribution in [2.24, 2.45) is 5.92 Å². The van der Waals surface area contributed by atoms with Gasteiger partial charge in [-0.25, -0.2) is 13.4 Å². The summed E-state index contributed by atoms with van der Waals surface area (Å²) in [5.41, 5.74) is 0.337. The number of oxazole rings is 1. The van der Waals surface area contributed by atoms with E-state index in [2.05, 4.69) is 4.98 Å². The first-order valence-corrected chi connectivity index (χ1v) is 7.44. The third kappa shape index (κ3) is 3.15. The van der Waals surface area contributed by atoms with Gasteiger partial charge in [0.15, 0.2) is 11.7 Å². The summed E-state index contributed by atoms with van der Waals surface area (Å²) in [7, 11) is -2.82. The van der Waals surface area contributed by atoms with Crippen LogP contribution in [0.3, 0.4) is 0 Å². The molecule has 5 nitrogen and oxygen atoms in total. The van der Waals surface area contributed by atoms with Crippen LogP contribution in [0.4, 0.5) is 0 Å². The summed E-state index contributed by atoms with van der Waals surface area (Å²) in [6.45, 7) is 1.44. The van der Waals surface area contributed by atoms with E-state index >= 15 is 0 Å². The number of sulfone groups is 1. The van der Waals surface area contributed by atoms with Crippen molar-refractivity contribution >= 4 is 15.6 Å². The van der Waals surface area contributed by atoms with Gasteiger partial charge in [0.05, 0.1) is 11.5 Å². The molecular formula is C11H15NO4S. The van der Waals surface area contributed by atoms with Crippen molar-refractivity contribution in [3.63, 3.8) is 0 Å². The lowest BCUT2D eigenvalue weighted by Crippen LogP contribution is -2.24. The number of hydrogen-bond donors (Lipinski definition) is 0. The first kappa shape index (κ1) is 12.3. The second-order valence-electron chi connectivity index (χ2n) is 4.48. The van der Waals surface area contributed by atoms with Gasteiger partial charge in [0, 0.05) is 13.3 Å². The molecule has 0 amide bonds. The van der Waals surface area contributed by atoms with E-state index in [9.17, 15) is 13.2 Å². The highest BCUT2D eigenvalue weighted by molar-refractivity contribution is 7.91. The second-order valence-corrected chi connectivity index (χ2v) is 6.79. The lowest BCUT2D eigenvalue weighted by molar-refractivity contribution is 0.101. The molecule has 2 rings (SSSR count). The number of hydrogen-bond acceptors (Lipinski definition) is 5. The van der Waals surface area contributed by atoms with Crippen molar-refractivity contribution in [3.05, 3.63) is 17.8 Å². The average Bonchev–Trinajstić information content (AvgIpc) is 2.70. The molecule has 1 saturated heterocycles. The molecule has 6 heteroatoms. The first-order chi connectivity index (χ1) is 7.96. The van der Waals surface area contributed by atoms with E-state index in [-0.39, 0.29) is 23.2 Å². The Morgan fingerprint density at radius 3 is 2.65 bits per heavy atom. The zero-order valence-electron chi connectivity index (χ0n) is 9.68. The van der Waals surface area contributed by atoms with Crippen LogP contribution in [0.5, 0.6) is 0 Å². The largest absolute Gasteiger partial charge is 0.448 e. The SMILES string of the molecule is CC(=O)c1coc(CC2CCS(=O)(=O)CC2)n1. The molecule has 94 valence electrons. The predicted octanol–water partition coefficient (Wildman–Crippen LogP) is 1.24. The topological polar surface area (TPSA) is 77.2 Å². The number of Topliss-reactive ketones (excluding diaryl/α,β-unsaturated/α-hetero) is 1. The van der Waals surface area contributed by atoms with Gasteiger partial charge >= 0.3 is 0 Å². The molecule has 0 saturated carbocycles. The summed E-state index contributed by atoms with van der Waals surface area (Å²) in [6.07, 6.45) is 3.28. The fraction of sp³-hybridized carbons (Fsp3) is 0.636. The molecule has 1 aromatic heterocycles. The molecule has 1 aliphatic rings. The number of ketones is 1. The van der Waals surface area contributed by atoms with Crippen LogP contribution in [0.15, 0.2) is 10.7 Å². The molecule has 1 aromatic rings. The maximum Gasteiger partial charge on any atom is 0.194 e. The van der Waals surface area contributed by atoms with Gasteiger partial charge in [0.1, 0.15) is 21.8 Å².